The van der Waals surface area contributed by atoms with E-state index in [1.807, 2.05) is 6.20 Å². The third-order valence-electron chi connectivity index (χ3n) is 2.32. The summed E-state index contributed by atoms with van der Waals surface area (Å²) in [4.78, 5) is 7.57. The van der Waals surface area contributed by atoms with Crippen molar-refractivity contribution in [3.63, 3.8) is 0 Å². The van der Waals surface area contributed by atoms with E-state index in [9.17, 15) is 0 Å². The Hall–Kier alpha value is -0.160. The van der Waals surface area contributed by atoms with E-state index >= 15 is 0 Å². The third-order valence-corrected chi connectivity index (χ3v) is 3.42. The molecule has 0 aliphatic rings. The first-order chi connectivity index (χ1) is 7.17. The number of halogens is 1. The molecule has 0 radical (unpaired) electrons. The topological polar surface area (TPSA) is 25.4 Å². The van der Waals surface area contributed by atoms with Gasteiger partial charge in [-0.25, -0.2) is 4.98 Å². The number of hydrogen-bond donors (Lipinski definition) is 0. The number of methoxy groups -OCH3 is 1. The van der Waals surface area contributed by atoms with Gasteiger partial charge in [0.15, 0.2) is 4.47 Å². The van der Waals surface area contributed by atoms with Gasteiger partial charge in [-0.15, -0.1) is 11.3 Å². The van der Waals surface area contributed by atoms with E-state index < -0.39 is 0 Å². The SMILES string of the molecule is CCN(Cc1cnc(Cl)s1)C(C)COC. The molecule has 1 rings (SSSR count). The number of thiazole rings is 1. The lowest BCUT2D eigenvalue weighted by Crippen LogP contribution is -2.35. The molecule has 0 aliphatic carbocycles. The van der Waals surface area contributed by atoms with Crippen LogP contribution in [0.4, 0.5) is 0 Å². The van der Waals surface area contributed by atoms with Crippen LogP contribution < -0.4 is 0 Å². The minimum atomic E-state index is 0.417. The van der Waals surface area contributed by atoms with Gasteiger partial charge < -0.3 is 4.74 Å². The minimum Gasteiger partial charge on any atom is -0.383 e. The number of ether oxygens (including phenoxy) is 1. The monoisotopic (exact) mass is 248 g/mol. The first-order valence-electron chi connectivity index (χ1n) is 5.00. The lowest BCUT2D eigenvalue weighted by Gasteiger charge is -2.26. The number of rotatable bonds is 6. The fraction of sp³-hybridized carbons (Fsp3) is 0.700. The molecule has 0 saturated heterocycles. The van der Waals surface area contributed by atoms with Gasteiger partial charge in [-0.2, -0.15) is 0 Å². The van der Waals surface area contributed by atoms with Crippen molar-refractivity contribution in [3.8, 4) is 0 Å². The molecule has 1 unspecified atom stereocenters. The minimum absolute atomic E-state index is 0.417. The largest absolute Gasteiger partial charge is 0.383 e. The second-order valence-electron chi connectivity index (χ2n) is 3.45. The van der Waals surface area contributed by atoms with Gasteiger partial charge in [0.1, 0.15) is 0 Å². The van der Waals surface area contributed by atoms with Gasteiger partial charge in [0.2, 0.25) is 0 Å². The van der Waals surface area contributed by atoms with Crippen molar-refractivity contribution in [2.24, 2.45) is 0 Å². The summed E-state index contributed by atoms with van der Waals surface area (Å²) in [7, 11) is 1.73. The van der Waals surface area contributed by atoms with Crippen LogP contribution in [0.25, 0.3) is 0 Å². The molecule has 0 aromatic carbocycles. The molecular formula is C10H17ClN2OS. The highest BCUT2D eigenvalue weighted by Crippen LogP contribution is 2.20. The fourth-order valence-electron chi connectivity index (χ4n) is 1.48. The average molecular weight is 249 g/mol. The molecule has 0 saturated carbocycles. The summed E-state index contributed by atoms with van der Waals surface area (Å²) in [5.74, 6) is 0. The summed E-state index contributed by atoms with van der Waals surface area (Å²) >= 11 is 7.33. The van der Waals surface area contributed by atoms with Crippen molar-refractivity contribution >= 4 is 22.9 Å². The third kappa shape index (κ3) is 4.07. The molecule has 1 heterocycles. The number of hydrogen-bond acceptors (Lipinski definition) is 4. The van der Waals surface area contributed by atoms with Gasteiger partial charge in [0.25, 0.3) is 0 Å². The van der Waals surface area contributed by atoms with E-state index in [0.717, 1.165) is 19.7 Å². The second-order valence-corrected chi connectivity index (χ2v) is 5.14. The molecular weight excluding hydrogens is 232 g/mol. The average Bonchev–Trinajstić information content (AvgIpc) is 2.61. The highest BCUT2D eigenvalue weighted by molar-refractivity contribution is 7.15. The van der Waals surface area contributed by atoms with Crippen LogP contribution in [0, 0.1) is 0 Å². The van der Waals surface area contributed by atoms with Gasteiger partial charge in [-0.1, -0.05) is 18.5 Å². The predicted octanol–water partition coefficient (Wildman–Crippen LogP) is 2.65. The number of likely N-dealkylation sites (N-methyl/N-ethyl adjacent to an activating group) is 1. The van der Waals surface area contributed by atoms with Crippen molar-refractivity contribution in [1.82, 2.24) is 9.88 Å². The Balaban J connectivity index is 2.53. The smallest absolute Gasteiger partial charge is 0.183 e. The highest BCUT2D eigenvalue weighted by Gasteiger charge is 2.13. The summed E-state index contributed by atoms with van der Waals surface area (Å²) in [6, 6.07) is 0.417. The Morgan fingerprint density at radius 3 is 2.87 bits per heavy atom. The zero-order valence-electron chi connectivity index (χ0n) is 9.36. The van der Waals surface area contributed by atoms with Crippen LogP contribution in [0.2, 0.25) is 4.47 Å². The summed E-state index contributed by atoms with van der Waals surface area (Å²) in [6.45, 7) is 6.95. The van der Waals surface area contributed by atoms with Crippen molar-refractivity contribution in [1.29, 1.82) is 0 Å². The Kier molecular flexibility index (Phi) is 5.53. The summed E-state index contributed by atoms with van der Waals surface area (Å²) in [6.07, 6.45) is 1.84. The van der Waals surface area contributed by atoms with Crippen molar-refractivity contribution in [2.45, 2.75) is 26.4 Å². The highest BCUT2D eigenvalue weighted by atomic mass is 35.5. The molecule has 0 amide bonds. The summed E-state index contributed by atoms with van der Waals surface area (Å²) in [5.41, 5.74) is 0. The van der Waals surface area contributed by atoms with Crippen LogP contribution in [-0.4, -0.2) is 36.2 Å². The standard InChI is InChI=1S/C10H17ClN2OS/c1-4-13(8(2)7-14-3)6-9-5-12-10(11)15-9/h5,8H,4,6-7H2,1-3H3. The van der Waals surface area contributed by atoms with E-state index in [1.54, 1.807) is 7.11 Å². The first-order valence-corrected chi connectivity index (χ1v) is 6.20. The molecule has 3 nitrogen and oxygen atoms in total. The van der Waals surface area contributed by atoms with Crippen LogP contribution in [0.1, 0.15) is 18.7 Å². The predicted molar refractivity (Wildman–Crippen MR) is 64.5 cm³/mol. The van der Waals surface area contributed by atoms with Crippen LogP contribution in [0.5, 0.6) is 0 Å². The van der Waals surface area contributed by atoms with Crippen molar-refractivity contribution in [3.05, 3.63) is 15.5 Å². The normalized spacial score (nSPS) is 13.4. The number of aromatic nitrogens is 1. The maximum absolute atomic E-state index is 5.79. The van der Waals surface area contributed by atoms with E-state index in [4.69, 9.17) is 16.3 Å². The van der Waals surface area contributed by atoms with Gasteiger partial charge in [0.05, 0.1) is 6.61 Å². The van der Waals surface area contributed by atoms with Crippen molar-refractivity contribution < 1.29 is 4.74 Å². The molecule has 15 heavy (non-hydrogen) atoms. The quantitative estimate of drug-likeness (QED) is 0.774. The van der Waals surface area contributed by atoms with Crippen LogP contribution in [-0.2, 0) is 11.3 Å². The van der Waals surface area contributed by atoms with E-state index in [1.165, 1.54) is 16.2 Å². The molecule has 5 heteroatoms. The molecule has 86 valence electrons. The molecule has 0 aliphatic heterocycles. The zero-order valence-corrected chi connectivity index (χ0v) is 10.9. The van der Waals surface area contributed by atoms with E-state index in [2.05, 4.69) is 23.7 Å². The van der Waals surface area contributed by atoms with Gasteiger partial charge >= 0.3 is 0 Å². The van der Waals surface area contributed by atoms with Gasteiger partial charge in [-0.3, -0.25) is 4.90 Å². The Labute approximate surface area is 100 Å². The van der Waals surface area contributed by atoms with Crippen LogP contribution in [0.15, 0.2) is 6.20 Å². The second kappa shape index (κ2) is 6.43. The Morgan fingerprint density at radius 1 is 1.67 bits per heavy atom. The lowest BCUT2D eigenvalue weighted by atomic mass is 10.3. The van der Waals surface area contributed by atoms with E-state index in [-0.39, 0.29) is 0 Å². The molecule has 0 spiro atoms. The summed E-state index contributed by atoms with van der Waals surface area (Å²) < 4.78 is 5.76. The number of nitrogens with zero attached hydrogens (tertiary/aromatic N) is 2. The Morgan fingerprint density at radius 2 is 2.40 bits per heavy atom. The molecule has 1 aromatic rings. The molecule has 0 bridgehead atoms. The van der Waals surface area contributed by atoms with Crippen LogP contribution >= 0.6 is 22.9 Å². The molecule has 0 fully saturated rings. The maximum Gasteiger partial charge on any atom is 0.183 e. The van der Waals surface area contributed by atoms with Gasteiger partial charge in [-0.05, 0) is 13.5 Å². The lowest BCUT2D eigenvalue weighted by molar-refractivity contribution is 0.0988. The van der Waals surface area contributed by atoms with E-state index in [0.29, 0.717) is 10.5 Å². The fourth-order valence-corrected chi connectivity index (χ4v) is 2.49. The van der Waals surface area contributed by atoms with Gasteiger partial charge in [0, 0.05) is 30.8 Å². The van der Waals surface area contributed by atoms with Crippen LogP contribution in [0.3, 0.4) is 0 Å². The first kappa shape index (κ1) is 12.9. The van der Waals surface area contributed by atoms with Crippen molar-refractivity contribution in [2.75, 3.05) is 20.3 Å². The molecule has 0 N–H and O–H groups in total. The maximum atomic E-state index is 5.79. The summed E-state index contributed by atoms with van der Waals surface area (Å²) in [5, 5.41) is 0. The zero-order chi connectivity index (χ0) is 11.3. The Bertz CT molecular complexity index is 293. The molecule has 1 atom stereocenters. The molecule has 1 aromatic heterocycles.